The summed E-state index contributed by atoms with van der Waals surface area (Å²) in [7, 11) is 1.66. The fourth-order valence-electron chi connectivity index (χ4n) is 2.55. The van der Waals surface area contributed by atoms with E-state index in [1.807, 2.05) is 0 Å². The molecule has 1 aliphatic rings. The van der Waals surface area contributed by atoms with Gasteiger partial charge in [-0.25, -0.2) is 4.79 Å². The fourth-order valence-corrected chi connectivity index (χ4v) is 2.55. The monoisotopic (exact) mass is 232 g/mol. The molecule has 0 aromatic heterocycles. The molecule has 1 aromatic carbocycles. The number of rotatable bonds is 2. The van der Waals surface area contributed by atoms with Crippen LogP contribution in [-0.4, -0.2) is 19.1 Å². The van der Waals surface area contributed by atoms with Gasteiger partial charge in [-0.05, 0) is 37.2 Å². The average Bonchev–Trinajstić information content (AvgIpc) is 2.40. The molecule has 0 aliphatic heterocycles. The third-order valence-electron chi connectivity index (χ3n) is 3.56. The molecule has 0 heterocycles. The van der Waals surface area contributed by atoms with Crippen molar-refractivity contribution in [1.29, 1.82) is 0 Å². The lowest BCUT2D eigenvalue weighted by molar-refractivity contribution is 0.233. The van der Waals surface area contributed by atoms with Gasteiger partial charge in [0.15, 0.2) is 0 Å². The third-order valence-corrected chi connectivity index (χ3v) is 3.56. The molecule has 3 nitrogen and oxygen atoms in total. The minimum atomic E-state index is -0.0619. The van der Waals surface area contributed by atoms with Crippen molar-refractivity contribution in [3.8, 4) is 0 Å². The molecule has 0 unspecified atom stereocenters. The van der Waals surface area contributed by atoms with Crippen LogP contribution >= 0.6 is 0 Å². The van der Waals surface area contributed by atoms with E-state index in [0.717, 1.165) is 12.8 Å². The van der Waals surface area contributed by atoms with Gasteiger partial charge in [0.25, 0.3) is 0 Å². The van der Waals surface area contributed by atoms with E-state index in [9.17, 15) is 4.79 Å². The molecule has 1 fully saturated rings. The van der Waals surface area contributed by atoms with E-state index in [-0.39, 0.29) is 6.03 Å². The van der Waals surface area contributed by atoms with E-state index in [2.05, 4.69) is 41.0 Å². The first-order valence-corrected chi connectivity index (χ1v) is 6.33. The van der Waals surface area contributed by atoms with Crippen LogP contribution in [0.3, 0.4) is 0 Å². The second kappa shape index (κ2) is 5.71. The highest BCUT2D eigenvalue weighted by Gasteiger charge is 2.22. The van der Waals surface area contributed by atoms with Crippen molar-refractivity contribution in [2.45, 2.75) is 37.6 Å². The number of urea groups is 1. The smallest absolute Gasteiger partial charge is 0.314 e. The second-order valence-electron chi connectivity index (χ2n) is 4.68. The minimum absolute atomic E-state index is 0.0619. The van der Waals surface area contributed by atoms with Crippen LogP contribution in [0.1, 0.15) is 37.2 Å². The highest BCUT2D eigenvalue weighted by Crippen LogP contribution is 2.32. The summed E-state index contributed by atoms with van der Waals surface area (Å²) < 4.78 is 0. The molecule has 1 saturated carbocycles. The Morgan fingerprint density at radius 2 is 1.76 bits per heavy atom. The molecule has 0 atom stereocenters. The van der Waals surface area contributed by atoms with Crippen molar-refractivity contribution < 1.29 is 4.79 Å². The number of hydrogen-bond donors (Lipinski definition) is 2. The van der Waals surface area contributed by atoms with Gasteiger partial charge in [0.1, 0.15) is 0 Å². The van der Waals surface area contributed by atoms with Gasteiger partial charge in [0.05, 0.1) is 0 Å². The standard InChI is InChI=1S/C14H20N2O/c1-15-14(17)16-13-9-7-12(8-10-13)11-5-3-2-4-6-11/h2-6,12-13H,7-10H2,1H3,(H2,15,16,17). The lowest BCUT2D eigenvalue weighted by atomic mass is 9.82. The summed E-state index contributed by atoms with van der Waals surface area (Å²) >= 11 is 0. The zero-order valence-electron chi connectivity index (χ0n) is 10.3. The van der Waals surface area contributed by atoms with E-state index in [0.29, 0.717) is 12.0 Å². The molecule has 0 radical (unpaired) electrons. The van der Waals surface area contributed by atoms with E-state index >= 15 is 0 Å². The van der Waals surface area contributed by atoms with Crippen molar-refractivity contribution >= 4 is 6.03 Å². The highest BCUT2D eigenvalue weighted by molar-refractivity contribution is 5.73. The first-order valence-electron chi connectivity index (χ1n) is 6.33. The molecule has 0 bridgehead atoms. The van der Waals surface area contributed by atoms with Crippen LogP contribution in [0.25, 0.3) is 0 Å². The molecular formula is C14H20N2O. The maximum absolute atomic E-state index is 11.2. The first kappa shape index (κ1) is 12.0. The predicted octanol–water partition coefficient (Wildman–Crippen LogP) is 2.64. The van der Waals surface area contributed by atoms with Crippen LogP contribution in [0.5, 0.6) is 0 Å². The lowest BCUT2D eigenvalue weighted by Crippen LogP contribution is -2.42. The van der Waals surface area contributed by atoms with Crippen molar-refractivity contribution in [1.82, 2.24) is 10.6 Å². The molecule has 2 N–H and O–H groups in total. The van der Waals surface area contributed by atoms with Crippen LogP contribution < -0.4 is 10.6 Å². The van der Waals surface area contributed by atoms with Gasteiger partial charge in [0.2, 0.25) is 0 Å². The maximum atomic E-state index is 11.2. The van der Waals surface area contributed by atoms with E-state index in [1.165, 1.54) is 18.4 Å². The Balaban J connectivity index is 1.84. The van der Waals surface area contributed by atoms with Gasteiger partial charge < -0.3 is 10.6 Å². The normalized spacial score (nSPS) is 24.1. The zero-order valence-corrected chi connectivity index (χ0v) is 10.3. The van der Waals surface area contributed by atoms with Crippen LogP contribution in [0.15, 0.2) is 30.3 Å². The summed E-state index contributed by atoms with van der Waals surface area (Å²) in [5.74, 6) is 0.666. The van der Waals surface area contributed by atoms with Gasteiger partial charge in [-0.15, -0.1) is 0 Å². The molecule has 1 aromatic rings. The van der Waals surface area contributed by atoms with E-state index in [1.54, 1.807) is 7.05 Å². The van der Waals surface area contributed by atoms with Crippen LogP contribution in [0, 0.1) is 0 Å². The van der Waals surface area contributed by atoms with Gasteiger partial charge >= 0.3 is 6.03 Å². The maximum Gasteiger partial charge on any atom is 0.314 e. The predicted molar refractivity (Wildman–Crippen MR) is 69.0 cm³/mol. The van der Waals surface area contributed by atoms with Crippen molar-refractivity contribution in [2.24, 2.45) is 0 Å². The molecule has 0 spiro atoms. The second-order valence-corrected chi connectivity index (χ2v) is 4.68. The Kier molecular flexibility index (Phi) is 4.02. The molecule has 3 heteroatoms. The van der Waals surface area contributed by atoms with Gasteiger partial charge in [0, 0.05) is 13.1 Å². The Morgan fingerprint density at radius 1 is 1.12 bits per heavy atom. The molecule has 2 amide bonds. The summed E-state index contributed by atoms with van der Waals surface area (Å²) in [6.45, 7) is 0. The lowest BCUT2D eigenvalue weighted by Gasteiger charge is -2.29. The number of carbonyl (C=O) groups excluding carboxylic acids is 1. The summed E-state index contributed by atoms with van der Waals surface area (Å²) in [5, 5.41) is 5.60. The van der Waals surface area contributed by atoms with E-state index < -0.39 is 0 Å². The fraction of sp³-hybridized carbons (Fsp3) is 0.500. The Hall–Kier alpha value is -1.51. The molecule has 17 heavy (non-hydrogen) atoms. The highest BCUT2D eigenvalue weighted by atomic mass is 16.2. The minimum Gasteiger partial charge on any atom is -0.341 e. The first-order chi connectivity index (χ1) is 8.29. The summed E-state index contributed by atoms with van der Waals surface area (Å²) in [4.78, 5) is 11.2. The zero-order chi connectivity index (χ0) is 12.1. The number of hydrogen-bond acceptors (Lipinski definition) is 1. The van der Waals surface area contributed by atoms with Crippen LogP contribution in [0.4, 0.5) is 4.79 Å². The molecule has 92 valence electrons. The van der Waals surface area contributed by atoms with Gasteiger partial charge in [-0.3, -0.25) is 0 Å². The summed E-state index contributed by atoms with van der Waals surface area (Å²) in [6.07, 6.45) is 4.48. The Bertz CT molecular complexity index is 356. The summed E-state index contributed by atoms with van der Waals surface area (Å²) in [6, 6.07) is 11.0. The SMILES string of the molecule is CNC(=O)NC1CCC(c2ccccc2)CC1. The Labute approximate surface area is 103 Å². The molecule has 1 aliphatic carbocycles. The molecule has 0 saturated heterocycles. The van der Waals surface area contributed by atoms with Gasteiger partial charge in [-0.2, -0.15) is 0 Å². The topological polar surface area (TPSA) is 41.1 Å². The van der Waals surface area contributed by atoms with Crippen molar-refractivity contribution in [3.63, 3.8) is 0 Å². The largest absolute Gasteiger partial charge is 0.341 e. The average molecular weight is 232 g/mol. The van der Waals surface area contributed by atoms with E-state index in [4.69, 9.17) is 0 Å². The number of amides is 2. The van der Waals surface area contributed by atoms with Crippen LogP contribution in [0.2, 0.25) is 0 Å². The molecular weight excluding hydrogens is 212 g/mol. The summed E-state index contributed by atoms with van der Waals surface area (Å²) in [5.41, 5.74) is 1.44. The number of carbonyl (C=O) groups is 1. The molecule has 2 rings (SSSR count). The van der Waals surface area contributed by atoms with Crippen molar-refractivity contribution in [3.05, 3.63) is 35.9 Å². The third kappa shape index (κ3) is 3.22. The Morgan fingerprint density at radius 3 is 2.35 bits per heavy atom. The van der Waals surface area contributed by atoms with Crippen molar-refractivity contribution in [2.75, 3.05) is 7.05 Å². The quantitative estimate of drug-likeness (QED) is 0.808. The number of nitrogens with one attached hydrogen (secondary N) is 2. The van der Waals surface area contributed by atoms with Gasteiger partial charge in [-0.1, -0.05) is 30.3 Å². The number of benzene rings is 1. The van der Waals surface area contributed by atoms with Crippen LogP contribution in [-0.2, 0) is 0 Å².